The third kappa shape index (κ3) is 4.71. The standard InChI is InChI=1S/C19H20F3N3O3/c1-12-9-15(17(26)27)24-18(23-12)25-8-4-5-13(10-25)11-28-16-7-3-2-6-14(16)19(20,21)22/h2-3,6-7,9,13H,4-5,8,10-11H2,1H3,(H,26,27)/t13-/m0/s1. The summed E-state index contributed by atoms with van der Waals surface area (Å²) in [6, 6.07) is 6.53. The lowest BCUT2D eigenvalue weighted by Gasteiger charge is -2.33. The number of aryl methyl sites for hydroxylation is 1. The van der Waals surface area contributed by atoms with Crippen molar-refractivity contribution in [3.63, 3.8) is 0 Å². The van der Waals surface area contributed by atoms with Crippen molar-refractivity contribution in [3.8, 4) is 5.75 Å². The SMILES string of the molecule is Cc1cc(C(=O)O)nc(N2CCC[C@H](COc3ccccc3C(F)(F)F)C2)n1. The molecule has 0 radical (unpaired) electrons. The molecule has 1 aromatic heterocycles. The molecule has 1 aliphatic rings. The Balaban J connectivity index is 1.69. The quantitative estimate of drug-likeness (QED) is 0.830. The van der Waals surface area contributed by atoms with Crippen LogP contribution in [-0.2, 0) is 6.18 Å². The van der Waals surface area contributed by atoms with E-state index >= 15 is 0 Å². The minimum atomic E-state index is -4.47. The number of piperidine rings is 1. The Kier molecular flexibility index (Phi) is 5.71. The van der Waals surface area contributed by atoms with Crippen molar-refractivity contribution in [1.82, 2.24) is 9.97 Å². The van der Waals surface area contributed by atoms with Crippen LogP contribution in [0.2, 0.25) is 0 Å². The van der Waals surface area contributed by atoms with E-state index in [0.717, 1.165) is 18.9 Å². The fourth-order valence-electron chi connectivity index (χ4n) is 3.22. The molecule has 1 aliphatic heterocycles. The van der Waals surface area contributed by atoms with Gasteiger partial charge in [-0.1, -0.05) is 12.1 Å². The Labute approximate surface area is 160 Å². The molecule has 0 unspecified atom stereocenters. The number of ether oxygens (including phenoxy) is 1. The van der Waals surface area contributed by atoms with Crippen LogP contribution < -0.4 is 9.64 Å². The number of aromatic carboxylic acids is 1. The number of alkyl halides is 3. The Bertz CT molecular complexity index is 858. The number of benzene rings is 1. The summed E-state index contributed by atoms with van der Waals surface area (Å²) in [6.45, 7) is 2.95. The summed E-state index contributed by atoms with van der Waals surface area (Å²) in [6.07, 6.45) is -2.89. The average Bonchev–Trinajstić information content (AvgIpc) is 2.65. The Morgan fingerprint density at radius 2 is 2.07 bits per heavy atom. The second-order valence-electron chi connectivity index (χ2n) is 6.76. The lowest BCUT2D eigenvalue weighted by atomic mass is 9.99. The molecular weight excluding hydrogens is 375 g/mol. The number of carbonyl (C=O) groups is 1. The fraction of sp³-hybridized carbons (Fsp3) is 0.421. The Hall–Kier alpha value is -2.84. The monoisotopic (exact) mass is 395 g/mol. The number of anilines is 1. The highest BCUT2D eigenvalue weighted by atomic mass is 19.4. The predicted molar refractivity (Wildman–Crippen MR) is 95.6 cm³/mol. The van der Waals surface area contributed by atoms with Crippen LogP contribution in [0.5, 0.6) is 5.75 Å². The van der Waals surface area contributed by atoms with E-state index in [2.05, 4.69) is 9.97 Å². The normalized spacial score (nSPS) is 17.4. The number of hydrogen-bond acceptors (Lipinski definition) is 5. The van der Waals surface area contributed by atoms with Crippen molar-refractivity contribution in [3.05, 3.63) is 47.3 Å². The molecule has 0 aliphatic carbocycles. The number of para-hydroxylation sites is 1. The van der Waals surface area contributed by atoms with Crippen LogP contribution in [0.1, 0.15) is 34.6 Å². The highest BCUT2D eigenvalue weighted by molar-refractivity contribution is 5.85. The van der Waals surface area contributed by atoms with E-state index in [1.807, 2.05) is 4.90 Å². The zero-order chi connectivity index (χ0) is 20.3. The molecule has 6 nitrogen and oxygen atoms in total. The molecule has 1 saturated heterocycles. The van der Waals surface area contributed by atoms with E-state index in [1.165, 1.54) is 24.3 Å². The lowest BCUT2D eigenvalue weighted by molar-refractivity contribution is -0.139. The maximum atomic E-state index is 13.1. The van der Waals surface area contributed by atoms with Crippen LogP contribution in [0, 0.1) is 12.8 Å². The molecule has 1 fully saturated rings. The topological polar surface area (TPSA) is 75.5 Å². The first kappa shape index (κ1) is 19.9. The Morgan fingerprint density at radius 1 is 1.32 bits per heavy atom. The van der Waals surface area contributed by atoms with E-state index in [9.17, 15) is 18.0 Å². The molecule has 2 aromatic rings. The third-order valence-corrected chi connectivity index (χ3v) is 4.53. The van der Waals surface area contributed by atoms with Crippen molar-refractivity contribution >= 4 is 11.9 Å². The van der Waals surface area contributed by atoms with Gasteiger partial charge in [0, 0.05) is 24.7 Å². The first-order valence-electron chi connectivity index (χ1n) is 8.87. The Morgan fingerprint density at radius 3 is 2.79 bits per heavy atom. The van der Waals surface area contributed by atoms with Crippen molar-refractivity contribution in [1.29, 1.82) is 0 Å². The minimum Gasteiger partial charge on any atom is -0.493 e. The van der Waals surface area contributed by atoms with Crippen LogP contribution in [0.3, 0.4) is 0 Å². The van der Waals surface area contributed by atoms with Gasteiger partial charge in [-0.3, -0.25) is 0 Å². The number of halogens is 3. The molecule has 2 heterocycles. The van der Waals surface area contributed by atoms with Gasteiger partial charge in [0.05, 0.1) is 12.2 Å². The average molecular weight is 395 g/mol. The highest BCUT2D eigenvalue weighted by Gasteiger charge is 2.34. The minimum absolute atomic E-state index is 0.0209. The number of carboxylic acids is 1. The second-order valence-corrected chi connectivity index (χ2v) is 6.76. The van der Waals surface area contributed by atoms with Crippen LogP contribution in [0.25, 0.3) is 0 Å². The molecule has 3 rings (SSSR count). The predicted octanol–water partition coefficient (Wildman–Crippen LogP) is 3.80. The van der Waals surface area contributed by atoms with Gasteiger partial charge in [0.25, 0.3) is 0 Å². The van der Waals surface area contributed by atoms with Crippen LogP contribution in [0.15, 0.2) is 30.3 Å². The number of carboxylic acid groups (broad SMARTS) is 1. The number of aromatic nitrogens is 2. The van der Waals surface area contributed by atoms with Crippen molar-refractivity contribution in [2.45, 2.75) is 25.9 Å². The van der Waals surface area contributed by atoms with Gasteiger partial charge in [0.15, 0.2) is 5.69 Å². The molecule has 1 N–H and O–H groups in total. The number of hydrogen-bond donors (Lipinski definition) is 1. The smallest absolute Gasteiger partial charge is 0.419 e. The van der Waals surface area contributed by atoms with Gasteiger partial charge in [-0.25, -0.2) is 14.8 Å². The van der Waals surface area contributed by atoms with Crippen LogP contribution in [0.4, 0.5) is 19.1 Å². The summed E-state index contributed by atoms with van der Waals surface area (Å²) in [7, 11) is 0. The summed E-state index contributed by atoms with van der Waals surface area (Å²) >= 11 is 0. The maximum absolute atomic E-state index is 13.1. The molecule has 0 bridgehead atoms. The molecule has 28 heavy (non-hydrogen) atoms. The van der Waals surface area contributed by atoms with Crippen LogP contribution >= 0.6 is 0 Å². The van der Waals surface area contributed by atoms with Gasteiger partial charge >= 0.3 is 12.1 Å². The third-order valence-electron chi connectivity index (χ3n) is 4.53. The molecule has 1 aromatic carbocycles. The van der Waals surface area contributed by atoms with E-state index in [-0.39, 0.29) is 24.0 Å². The molecule has 9 heteroatoms. The summed E-state index contributed by atoms with van der Waals surface area (Å²) < 4.78 is 44.7. The summed E-state index contributed by atoms with van der Waals surface area (Å²) in [5.41, 5.74) is -0.337. The molecule has 150 valence electrons. The summed E-state index contributed by atoms with van der Waals surface area (Å²) in [5, 5.41) is 9.17. The summed E-state index contributed by atoms with van der Waals surface area (Å²) in [5.74, 6) is -1.02. The molecular formula is C19H20F3N3O3. The van der Waals surface area contributed by atoms with E-state index in [1.54, 1.807) is 6.92 Å². The lowest BCUT2D eigenvalue weighted by Crippen LogP contribution is -2.39. The highest BCUT2D eigenvalue weighted by Crippen LogP contribution is 2.36. The zero-order valence-electron chi connectivity index (χ0n) is 15.2. The number of nitrogens with zero attached hydrogens (tertiary/aromatic N) is 3. The van der Waals surface area contributed by atoms with Gasteiger partial charge in [0.1, 0.15) is 5.75 Å². The first-order valence-corrected chi connectivity index (χ1v) is 8.87. The van der Waals surface area contributed by atoms with Gasteiger partial charge in [-0.05, 0) is 38.0 Å². The largest absolute Gasteiger partial charge is 0.493 e. The summed E-state index contributed by atoms with van der Waals surface area (Å²) in [4.78, 5) is 21.4. The van der Waals surface area contributed by atoms with Crippen LogP contribution in [-0.4, -0.2) is 40.7 Å². The van der Waals surface area contributed by atoms with Crippen molar-refractivity contribution in [2.24, 2.45) is 5.92 Å². The molecule has 0 saturated carbocycles. The van der Waals surface area contributed by atoms with Gasteiger partial charge < -0.3 is 14.7 Å². The maximum Gasteiger partial charge on any atom is 0.419 e. The van der Waals surface area contributed by atoms with E-state index in [4.69, 9.17) is 9.84 Å². The second kappa shape index (κ2) is 8.04. The first-order chi connectivity index (χ1) is 13.2. The van der Waals surface area contributed by atoms with Crippen molar-refractivity contribution in [2.75, 3.05) is 24.6 Å². The van der Waals surface area contributed by atoms with Crippen molar-refractivity contribution < 1.29 is 27.8 Å². The molecule has 1 atom stereocenters. The zero-order valence-corrected chi connectivity index (χ0v) is 15.2. The number of rotatable bonds is 5. The van der Waals surface area contributed by atoms with Gasteiger partial charge in [-0.2, -0.15) is 13.2 Å². The van der Waals surface area contributed by atoms with E-state index < -0.39 is 17.7 Å². The van der Waals surface area contributed by atoms with Gasteiger partial charge in [0.2, 0.25) is 5.95 Å². The molecule has 0 amide bonds. The van der Waals surface area contributed by atoms with Gasteiger partial charge in [-0.15, -0.1) is 0 Å². The fourth-order valence-corrected chi connectivity index (χ4v) is 3.22. The molecule has 0 spiro atoms. The van der Waals surface area contributed by atoms with E-state index in [0.29, 0.717) is 24.7 Å².